The van der Waals surface area contributed by atoms with Crippen molar-refractivity contribution in [2.45, 2.75) is 64.0 Å². The van der Waals surface area contributed by atoms with Crippen molar-refractivity contribution in [2.75, 3.05) is 34.8 Å². The number of fused-ring (bicyclic) bond motifs is 1. The molecule has 0 saturated carbocycles. The van der Waals surface area contributed by atoms with Crippen LogP contribution >= 0.6 is 0 Å². The molecule has 3 aromatic heterocycles. The third-order valence-corrected chi connectivity index (χ3v) is 7.16. The molecular weight excluding hydrogens is 449 g/mol. The predicted octanol–water partition coefficient (Wildman–Crippen LogP) is 3.16. The number of piperidine rings is 1. The molecule has 5 rings (SSSR count). The summed E-state index contributed by atoms with van der Waals surface area (Å²) in [6, 6.07) is 3.75. The normalized spacial score (nSPS) is 26.8. The molecule has 10 heteroatoms. The van der Waals surface area contributed by atoms with Gasteiger partial charge >= 0.3 is 0 Å². The van der Waals surface area contributed by atoms with Gasteiger partial charge in [-0.3, -0.25) is 0 Å². The lowest BCUT2D eigenvalue weighted by Crippen LogP contribution is -2.59. The fourth-order valence-corrected chi connectivity index (χ4v) is 4.78. The van der Waals surface area contributed by atoms with Gasteiger partial charge < -0.3 is 25.3 Å². The Morgan fingerprint density at radius 2 is 1.94 bits per heavy atom. The van der Waals surface area contributed by atoms with Gasteiger partial charge in [0.05, 0.1) is 24.8 Å². The number of nitrogens with zero attached hydrogens (tertiary/aromatic N) is 6. The molecule has 2 saturated heterocycles. The highest BCUT2D eigenvalue weighted by Crippen LogP contribution is 2.36. The average Bonchev–Trinajstić information content (AvgIpc) is 2.83. The van der Waals surface area contributed by atoms with Crippen LogP contribution in [0.25, 0.3) is 10.8 Å². The standard InChI is InChI=1S/C25H32FN7O2/c1-14(2)17-10-29-23(33-12-19(34)15(33)3)18-11-28-22(9-16(17)18)30-21-5-7-27-24(31-21)32-8-6-20(35)25(4,26)13-32/h5,7,9-11,14-15,19-20,34-35H,6,8,12-13H2,1-4H3,(H,27,28,30,31)/t15-,19+,20-,25+/m1/s1. The predicted molar refractivity (Wildman–Crippen MR) is 134 cm³/mol. The van der Waals surface area contributed by atoms with Gasteiger partial charge in [0, 0.05) is 37.1 Å². The van der Waals surface area contributed by atoms with Crippen molar-refractivity contribution in [3.8, 4) is 0 Å². The van der Waals surface area contributed by atoms with Crippen molar-refractivity contribution in [1.29, 1.82) is 0 Å². The van der Waals surface area contributed by atoms with Crippen LogP contribution in [0.4, 0.5) is 27.8 Å². The van der Waals surface area contributed by atoms with Gasteiger partial charge in [0.25, 0.3) is 0 Å². The van der Waals surface area contributed by atoms with Gasteiger partial charge in [-0.15, -0.1) is 0 Å². The Bertz CT molecular complexity index is 1240. The summed E-state index contributed by atoms with van der Waals surface area (Å²) >= 11 is 0. The maximum Gasteiger partial charge on any atom is 0.227 e. The minimum absolute atomic E-state index is 0.00918. The summed E-state index contributed by atoms with van der Waals surface area (Å²) in [7, 11) is 0. The first-order valence-electron chi connectivity index (χ1n) is 12.1. The highest BCUT2D eigenvalue weighted by Gasteiger charge is 2.40. The van der Waals surface area contributed by atoms with Crippen LogP contribution in [0.2, 0.25) is 0 Å². The summed E-state index contributed by atoms with van der Waals surface area (Å²) in [6.07, 6.45) is 4.33. The van der Waals surface area contributed by atoms with Crippen LogP contribution < -0.4 is 15.1 Å². The van der Waals surface area contributed by atoms with E-state index < -0.39 is 11.8 Å². The second kappa shape index (κ2) is 8.83. The molecule has 3 aromatic rings. The van der Waals surface area contributed by atoms with Crippen LogP contribution in [0.5, 0.6) is 0 Å². The Balaban J connectivity index is 1.44. The van der Waals surface area contributed by atoms with Crippen LogP contribution in [-0.4, -0.2) is 73.7 Å². The maximum absolute atomic E-state index is 14.7. The van der Waals surface area contributed by atoms with E-state index in [1.54, 1.807) is 17.2 Å². The Morgan fingerprint density at radius 1 is 1.14 bits per heavy atom. The topological polar surface area (TPSA) is 111 Å². The van der Waals surface area contributed by atoms with E-state index in [1.165, 1.54) is 6.92 Å². The van der Waals surface area contributed by atoms with Gasteiger partial charge in [0.1, 0.15) is 17.5 Å². The van der Waals surface area contributed by atoms with Crippen molar-refractivity contribution < 1.29 is 14.6 Å². The number of pyridine rings is 2. The fourth-order valence-electron chi connectivity index (χ4n) is 4.78. The molecule has 2 fully saturated rings. The molecule has 5 heterocycles. The van der Waals surface area contributed by atoms with E-state index in [0.29, 0.717) is 37.1 Å². The molecule has 4 atom stereocenters. The van der Waals surface area contributed by atoms with E-state index >= 15 is 0 Å². The summed E-state index contributed by atoms with van der Waals surface area (Å²) < 4.78 is 14.7. The molecule has 0 unspecified atom stereocenters. The van der Waals surface area contributed by atoms with Gasteiger partial charge in [-0.25, -0.2) is 19.3 Å². The monoisotopic (exact) mass is 481 g/mol. The fraction of sp³-hybridized carbons (Fsp3) is 0.520. The molecule has 2 aliphatic heterocycles. The van der Waals surface area contributed by atoms with Gasteiger partial charge in [0.2, 0.25) is 5.95 Å². The van der Waals surface area contributed by atoms with E-state index in [1.807, 2.05) is 25.4 Å². The molecule has 0 amide bonds. The molecule has 35 heavy (non-hydrogen) atoms. The van der Waals surface area contributed by atoms with E-state index in [9.17, 15) is 14.6 Å². The zero-order chi connectivity index (χ0) is 24.9. The van der Waals surface area contributed by atoms with Crippen molar-refractivity contribution in [2.24, 2.45) is 0 Å². The van der Waals surface area contributed by atoms with Gasteiger partial charge in [-0.1, -0.05) is 13.8 Å². The molecule has 0 spiro atoms. The first-order valence-corrected chi connectivity index (χ1v) is 12.1. The number of halogens is 1. The number of aliphatic hydroxyl groups is 2. The zero-order valence-electron chi connectivity index (χ0n) is 20.5. The molecule has 3 N–H and O–H groups in total. The summed E-state index contributed by atoms with van der Waals surface area (Å²) in [4.78, 5) is 22.1. The number of nitrogens with one attached hydrogen (secondary N) is 1. The SMILES string of the molecule is CC(C)c1cnc(N2C[C@H](O)[C@H]2C)c2cnc(Nc3ccnc(N4CC[C@@H](O)[C@@](C)(F)C4)n3)cc12. The molecule has 2 aliphatic rings. The average molecular weight is 482 g/mol. The summed E-state index contributed by atoms with van der Waals surface area (Å²) in [5.41, 5.74) is -0.603. The number of anilines is 4. The third kappa shape index (κ3) is 4.36. The molecule has 0 bridgehead atoms. The van der Waals surface area contributed by atoms with E-state index in [4.69, 9.17) is 4.98 Å². The third-order valence-electron chi connectivity index (χ3n) is 7.16. The number of hydrogen-bond acceptors (Lipinski definition) is 9. The van der Waals surface area contributed by atoms with Crippen LogP contribution in [-0.2, 0) is 0 Å². The number of aliphatic hydroxyl groups excluding tert-OH is 2. The highest BCUT2D eigenvalue weighted by molar-refractivity contribution is 5.96. The summed E-state index contributed by atoms with van der Waals surface area (Å²) in [5.74, 6) is 2.68. The first-order chi connectivity index (χ1) is 16.6. The van der Waals surface area contributed by atoms with Crippen LogP contribution in [0.15, 0.2) is 30.7 Å². The highest BCUT2D eigenvalue weighted by atomic mass is 19.1. The number of β-amino-alcohol motifs (C(OH)–C–C–N with tert-alkyl or cyclic N) is 1. The smallest absolute Gasteiger partial charge is 0.227 e. The van der Waals surface area contributed by atoms with Crippen molar-refractivity contribution >= 4 is 34.2 Å². The lowest BCUT2D eigenvalue weighted by atomic mass is 9.94. The molecule has 186 valence electrons. The Morgan fingerprint density at radius 3 is 2.63 bits per heavy atom. The zero-order valence-corrected chi connectivity index (χ0v) is 20.5. The van der Waals surface area contributed by atoms with Crippen molar-refractivity contribution in [3.63, 3.8) is 0 Å². The van der Waals surface area contributed by atoms with Crippen LogP contribution in [0, 0.1) is 0 Å². The molecule has 9 nitrogen and oxygen atoms in total. The number of aromatic nitrogens is 4. The van der Waals surface area contributed by atoms with Crippen molar-refractivity contribution in [1.82, 2.24) is 19.9 Å². The minimum atomic E-state index is -1.71. The number of rotatable bonds is 5. The van der Waals surface area contributed by atoms with Crippen LogP contribution in [0.3, 0.4) is 0 Å². The quantitative estimate of drug-likeness (QED) is 0.506. The summed E-state index contributed by atoms with van der Waals surface area (Å²) in [5, 5.41) is 25.1. The summed E-state index contributed by atoms with van der Waals surface area (Å²) in [6.45, 7) is 8.72. The maximum atomic E-state index is 14.7. The molecule has 0 aliphatic carbocycles. The van der Waals surface area contributed by atoms with E-state index in [0.717, 1.165) is 22.2 Å². The Kier molecular flexibility index (Phi) is 5.96. The second-order valence-corrected chi connectivity index (χ2v) is 10.1. The van der Waals surface area contributed by atoms with Gasteiger partial charge in [-0.2, -0.15) is 4.98 Å². The molecular formula is C25H32FN7O2. The molecule has 0 radical (unpaired) electrons. The molecule has 0 aromatic carbocycles. The van der Waals surface area contributed by atoms with Gasteiger partial charge in [0.15, 0.2) is 5.67 Å². The van der Waals surface area contributed by atoms with E-state index in [-0.39, 0.29) is 24.6 Å². The van der Waals surface area contributed by atoms with Crippen molar-refractivity contribution in [3.05, 3.63) is 36.3 Å². The van der Waals surface area contributed by atoms with E-state index in [2.05, 4.69) is 39.0 Å². The number of hydrogen-bond donors (Lipinski definition) is 3. The largest absolute Gasteiger partial charge is 0.390 e. The van der Waals surface area contributed by atoms with Gasteiger partial charge in [-0.05, 0) is 49.3 Å². The second-order valence-electron chi connectivity index (χ2n) is 10.1. The first kappa shape index (κ1) is 23.6. The Labute approximate surface area is 204 Å². The lowest BCUT2D eigenvalue weighted by molar-refractivity contribution is -0.00860. The lowest BCUT2D eigenvalue weighted by Gasteiger charge is -2.44. The number of alkyl halides is 1. The van der Waals surface area contributed by atoms with Crippen LogP contribution in [0.1, 0.15) is 45.6 Å². The Hall–Kier alpha value is -3.11. The minimum Gasteiger partial charge on any atom is -0.390 e.